The van der Waals surface area contributed by atoms with Gasteiger partial charge in [-0.05, 0) is 37.1 Å². The summed E-state index contributed by atoms with van der Waals surface area (Å²) in [6, 6.07) is 3.93. The molecule has 0 radical (unpaired) electrons. The van der Waals surface area contributed by atoms with Gasteiger partial charge < -0.3 is 15.2 Å². The summed E-state index contributed by atoms with van der Waals surface area (Å²) in [6.07, 6.45) is 2.31. The summed E-state index contributed by atoms with van der Waals surface area (Å²) in [6.45, 7) is 4.27. The van der Waals surface area contributed by atoms with E-state index in [1.165, 1.54) is 5.56 Å². The van der Waals surface area contributed by atoms with Gasteiger partial charge in [-0.25, -0.2) is 0 Å². The number of aliphatic hydroxyl groups is 1. The van der Waals surface area contributed by atoms with Crippen molar-refractivity contribution in [2.24, 2.45) is 0 Å². The number of hydrogen-bond acceptors (Lipinski definition) is 3. The van der Waals surface area contributed by atoms with E-state index in [2.05, 4.69) is 5.32 Å². The molecule has 0 spiro atoms. The maximum absolute atomic E-state index is 9.47. The molecule has 1 unspecified atom stereocenters. The van der Waals surface area contributed by atoms with Gasteiger partial charge in [0.05, 0.1) is 12.7 Å². The molecule has 0 fully saturated rings. The highest BCUT2D eigenvalue weighted by atomic mass is 35.5. The van der Waals surface area contributed by atoms with Crippen LogP contribution in [-0.4, -0.2) is 24.4 Å². The largest absolute Gasteiger partial charge is 0.493 e. The lowest BCUT2D eigenvalue weighted by molar-refractivity contribution is 0.159. The Morgan fingerprint density at radius 2 is 2.33 bits per heavy atom. The van der Waals surface area contributed by atoms with Crippen LogP contribution in [0, 0.1) is 0 Å². The minimum absolute atomic E-state index is 0.209. The predicted octanol–water partition coefficient (Wildman–Crippen LogP) is 2.53. The Bertz CT molecular complexity index is 409. The molecule has 3 nitrogen and oxygen atoms in total. The second-order valence-electron chi connectivity index (χ2n) is 4.68. The number of aliphatic hydroxyl groups excluding tert-OH is 1. The Balaban J connectivity index is 1.90. The van der Waals surface area contributed by atoms with Crippen molar-refractivity contribution >= 4 is 11.6 Å². The lowest BCUT2D eigenvalue weighted by Crippen LogP contribution is -2.20. The van der Waals surface area contributed by atoms with Crippen LogP contribution >= 0.6 is 11.6 Å². The first-order chi connectivity index (χ1) is 8.70. The minimum atomic E-state index is -0.209. The molecule has 0 saturated heterocycles. The molecule has 0 aromatic heterocycles. The number of rotatable bonds is 6. The van der Waals surface area contributed by atoms with Gasteiger partial charge in [0.2, 0.25) is 0 Å². The van der Waals surface area contributed by atoms with Crippen molar-refractivity contribution < 1.29 is 9.84 Å². The smallest absolute Gasteiger partial charge is 0.127 e. The van der Waals surface area contributed by atoms with E-state index in [1.54, 1.807) is 0 Å². The Morgan fingerprint density at radius 1 is 1.50 bits per heavy atom. The molecule has 0 saturated carbocycles. The summed E-state index contributed by atoms with van der Waals surface area (Å²) in [5.41, 5.74) is 2.31. The SMILES string of the molecule is CCC(O)CCNCc1cc(Cl)cc2c1OCC2. The number of hydrogen-bond donors (Lipinski definition) is 2. The highest BCUT2D eigenvalue weighted by Gasteiger charge is 2.17. The predicted molar refractivity (Wildman–Crippen MR) is 73.3 cm³/mol. The standard InChI is InChI=1S/C14H20ClNO2/c1-2-13(17)3-5-16-9-11-8-12(15)7-10-4-6-18-14(10)11/h7-8,13,16-17H,2-6,9H2,1H3. The molecule has 0 bridgehead atoms. The molecule has 2 rings (SSSR count). The molecule has 18 heavy (non-hydrogen) atoms. The first-order valence-corrected chi connectivity index (χ1v) is 6.91. The zero-order valence-corrected chi connectivity index (χ0v) is 11.5. The molecular formula is C14H20ClNO2. The van der Waals surface area contributed by atoms with E-state index < -0.39 is 0 Å². The molecule has 4 heteroatoms. The Kier molecular flexibility index (Phi) is 4.87. The van der Waals surface area contributed by atoms with Gasteiger partial charge in [-0.15, -0.1) is 0 Å². The average Bonchev–Trinajstić information content (AvgIpc) is 2.81. The average molecular weight is 270 g/mol. The van der Waals surface area contributed by atoms with Crippen molar-refractivity contribution in [2.45, 2.75) is 38.8 Å². The molecule has 0 aliphatic carbocycles. The van der Waals surface area contributed by atoms with E-state index in [0.717, 1.165) is 55.3 Å². The van der Waals surface area contributed by atoms with Crippen molar-refractivity contribution in [1.82, 2.24) is 5.32 Å². The van der Waals surface area contributed by atoms with Crippen molar-refractivity contribution in [3.05, 3.63) is 28.3 Å². The number of halogens is 1. The third kappa shape index (κ3) is 3.37. The summed E-state index contributed by atoms with van der Waals surface area (Å²) in [5, 5.41) is 13.6. The van der Waals surface area contributed by atoms with E-state index in [-0.39, 0.29) is 6.10 Å². The van der Waals surface area contributed by atoms with Crippen LogP contribution in [0.5, 0.6) is 5.75 Å². The Hall–Kier alpha value is -0.770. The second-order valence-corrected chi connectivity index (χ2v) is 5.12. The monoisotopic (exact) mass is 269 g/mol. The minimum Gasteiger partial charge on any atom is -0.493 e. The van der Waals surface area contributed by atoms with E-state index in [1.807, 2.05) is 19.1 Å². The molecular weight excluding hydrogens is 250 g/mol. The van der Waals surface area contributed by atoms with Crippen LogP contribution in [0.1, 0.15) is 30.9 Å². The molecule has 2 N–H and O–H groups in total. The molecule has 1 aromatic carbocycles. The first-order valence-electron chi connectivity index (χ1n) is 6.53. The van der Waals surface area contributed by atoms with E-state index in [4.69, 9.17) is 16.3 Å². The normalized spacial score (nSPS) is 15.3. The maximum Gasteiger partial charge on any atom is 0.127 e. The number of benzene rings is 1. The molecule has 1 aromatic rings. The fourth-order valence-electron chi connectivity index (χ4n) is 2.17. The number of nitrogens with one attached hydrogen (secondary N) is 1. The van der Waals surface area contributed by atoms with E-state index in [9.17, 15) is 5.11 Å². The van der Waals surface area contributed by atoms with E-state index >= 15 is 0 Å². The Labute approximate surface area is 113 Å². The van der Waals surface area contributed by atoms with Crippen molar-refractivity contribution in [3.8, 4) is 5.75 Å². The van der Waals surface area contributed by atoms with Crippen LogP contribution in [0.25, 0.3) is 0 Å². The third-order valence-corrected chi connectivity index (χ3v) is 3.48. The van der Waals surface area contributed by atoms with Gasteiger partial charge in [0.15, 0.2) is 0 Å². The molecule has 1 aliphatic rings. The zero-order chi connectivity index (χ0) is 13.0. The Morgan fingerprint density at radius 3 is 3.11 bits per heavy atom. The summed E-state index contributed by atoms with van der Waals surface area (Å²) >= 11 is 6.09. The lowest BCUT2D eigenvalue weighted by atomic mass is 10.1. The highest BCUT2D eigenvalue weighted by Crippen LogP contribution is 2.32. The highest BCUT2D eigenvalue weighted by molar-refractivity contribution is 6.30. The van der Waals surface area contributed by atoms with Crippen LogP contribution in [0.15, 0.2) is 12.1 Å². The maximum atomic E-state index is 9.47. The molecule has 0 amide bonds. The molecule has 1 heterocycles. The fraction of sp³-hybridized carbons (Fsp3) is 0.571. The van der Waals surface area contributed by atoms with Gasteiger partial charge >= 0.3 is 0 Å². The van der Waals surface area contributed by atoms with Crippen LogP contribution in [-0.2, 0) is 13.0 Å². The van der Waals surface area contributed by atoms with E-state index in [0.29, 0.717) is 0 Å². The van der Waals surface area contributed by atoms with Gasteiger partial charge in [-0.1, -0.05) is 18.5 Å². The summed E-state index contributed by atoms with van der Waals surface area (Å²) < 4.78 is 5.64. The number of fused-ring (bicyclic) bond motifs is 1. The van der Waals surface area contributed by atoms with Crippen LogP contribution in [0.2, 0.25) is 5.02 Å². The lowest BCUT2D eigenvalue weighted by Gasteiger charge is -2.11. The van der Waals surface area contributed by atoms with Gasteiger partial charge in [-0.2, -0.15) is 0 Å². The summed E-state index contributed by atoms with van der Waals surface area (Å²) in [5.74, 6) is 0.989. The van der Waals surface area contributed by atoms with Crippen LogP contribution in [0.4, 0.5) is 0 Å². The van der Waals surface area contributed by atoms with Gasteiger partial charge in [0.1, 0.15) is 5.75 Å². The summed E-state index contributed by atoms with van der Waals surface area (Å²) in [7, 11) is 0. The first kappa shape index (κ1) is 13.7. The zero-order valence-electron chi connectivity index (χ0n) is 10.7. The quantitative estimate of drug-likeness (QED) is 0.780. The third-order valence-electron chi connectivity index (χ3n) is 3.27. The second kappa shape index (κ2) is 6.41. The fourth-order valence-corrected chi connectivity index (χ4v) is 2.44. The van der Waals surface area contributed by atoms with Crippen molar-refractivity contribution in [2.75, 3.05) is 13.2 Å². The molecule has 1 aliphatic heterocycles. The summed E-state index contributed by atoms with van der Waals surface area (Å²) in [4.78, 5) is 0. The van der Waals surface area contributed by atoms with Gasteiger partial charge in [-0.3, -0.25) is 0 Å². The van der Waals surface area contributed by atoms with Crippen molar-refractivity contribution in [1.29, 1.82) is 0 Å². The van der Waals surface area contributed by atoms with Gasteiger partial charge in [0, 0.05) is 23.6 Å². The topological polar surface area (TPSA) is 41.5 Å². The molecule has 1 atom stereocenters. The van der Waals surface area contributed by atoms with Crippen LogP contribution in [0.3, 0.4) is 0 Å². The van der Waals surface area contributed by atoms with Crippen LogP contribution < -0.4 is 10.1 Å². The number of ether oxygens (including phenoxy) is 1. The van der Waals surface area contributed by atoms with Gasteiger partial charge in [0.25, 0.3) is 0 Å². The van der Waals surface area contributed by atoms with Crippen molar-refractivity contribution in [3.63, 3.8) is 0 Å². The molecule has 100 valence electrons.